The van der Waals surface area contributed by atoms with E-state index in [9.17, 15) is 9.65 Å². The minimum Gasteiger partial charge on any atom is -0.382 e. The molecule has 132 valence electrons. The highest BCUT2D eigenvalue weighted by Gasteiger charge is 2.16. The molecule has 0 unspecified atom stereocenters. The van der Waals surface area contributed by atoms with Crippen LogP contribution in [0.3, 0.4) is 0 Å². The van der Waals surface area contributed by atoms with Crippen LogP contribution in [0.5, 0.6) is 0 Å². The van der Waals surface area contributed by atoms with Crippen molar-refractivity contribution in [2.45, 2.75) is 6.54 Å². The molecule has 27 heavy (non-hydrogen) atoms. The molecule has 0 saturated carbocycles. The van der Waals surface area contributed by atoms with Crippen LogP contribution in [0.15, 0.2) is 61.1 Å². The van der Waals surface area contributed by atoms with Crippen molar-refractivity contribution in [3.05, 3.63) is 78.0 Å². The van der Waals surface area contributed by atoms with Gasteiger partial charge in [0, 0.05) is 23.8 Å². The van der Waals surface area contributed by atoms with Crippen LogP contribution in [0, 0.1) is 17.1 Å². The van der Waals surface area contributed by atoms with Gasteiger partial charge in [-0.15, -0.1) is 0 Å². The summed E-state index contributed by atoms with van der Waals surface area (Å²) in [4.78, 5) is 7.92. The van der Waals surface area contributed by atoms with Crippen LogP contribution < -0.4 is 11.1 Å². The molecule has 0 atom stereocenters. The third-order valence-electron chi connectivity index (χ3n) is 4.32. The van der Waals surface area contributed by atoms with Crippen molar-refractivity contribution < 1.29 is 4.39 Å². The maximum absolute atomic E-state index is 14.5. The second-order valence-corrected chi connectivity index (χ2v) is 5.94. The zero-order valence-corrected chi connectivity index (χ0v) is 14.2. The Morgan fingerprint density at radius 3 is 2.78 bits per heavy atom. The fraction of sp³-hybridized carbons (Fsp3) is 0.0500. The van der Waals surface area contributed by atoms with Gasteiger partial charge < -0.3 is 15.5 Å². The topological polar surface area (TPSA) is 92.0 Å². The fourth-order valence-electron chi connectivity index (χ4n) is 3.09. The van der Waals surface area contributed by atoms with E-state index in [1.807, 2.05) is 40.9 Å². The Labute approximate surface area is 154 Å². The molecule has 3 aromatic heterocycles. The number of rotatable bonds is 4. The number of nitrogens with zero attached hydrogens (tertiary/aromatic N) is 4. The summed E-state index contributed by atoms with van der Waals surface area (Å²) in [6, 6.07) is 16.4. The maximum Gasteiger partial charge on any atom is 0.149 e. The number of fused-ring (bicyclic) bond motifs is 1. The Balaban J connectivity index is 1.79. The van der Waals surface area contributed by atoms with Crippen molar-refractivity contribution in [2.75, 3.05) is 11.1 Å². The molecule has 0 aliphatic heterocycles. The summed E-state index contributed by atoms with van der Waals surface area (Å²) in [5, 5.41) is 12.4. The van der Waals surface area contributed by atoms with Gasteiger partial charge in [-0.2, -0.15) is 5.26 Å². The molecule has 4 rings (SSSR count). The maximum atomic E-state index is 14.5. The molecule has 3 heterocycles. The lowest BCUT2D eigenvalue weighted by molar-refractivity contribution is 0.630. The first-order chi connectivity index (χ1) is 13.2. The van der Waals surface area contributed by atoms with Crippen LogP contribution in [-0.4, -0.2) is 14.4 Å². The van der Waals surface area contributed by atoms with Crippen LogP contribution in [0.4, 0.5) is 16.0 Å². The molecule has 1 aromatic carbocycles. The van der Waals surface area contributed by atoms with Gasteiger partial charge >= 0.3 is 0 Å². The number of hydrogen-bond acceptors (Lipinski definition) is 5. The number of nitrogen functional groups attached to an aromatic ring is 1. The summed E-state index contributed by atoms with van der Waals surface area (Å²) in [5.74, 6) is 0.165. The van der Waals surface area contributed by atoms with Crippen LogP contribution in [0.2, 0.25) is 0 Å². The zero-order chi connectivity index (χ0) is 18.8. The minimum atomic E-state index is -0.299. The van der Waals surface area contributed by atoms with Crippen LogP contribution in [0.1, 0.15) is 11.1 Å². The zero-order valence-electron chi connectivity index (χ0n) is 14.2. The van der Waals surface area contributed by atoms with E-state index in [1.165, 1.54) is 12.4 Å². The van der Waals surface area contributed by atoms with Gasteiger partial charge in [-0.1, -0.05) is 18.2 Å². The average molecular weight is 358 g/mol. The molecule has 4 aromatic rings. The summed E-state index contributed by atoms with van der Waals surface area (Å²) in [6.07, 6.45) is 3.19. The number of anilines is 2. The van der Waals surface area contributed by atoms with Crippen LogP contribution in [-0.2, 0) is 6.54 Å². The van der Waals surface area contributed by atoms with Crippen molar-refractivity contribution in [3.8, 4) is 17.3 Å². The Morgan fingerprint density at radius 2 is 1.96 bits per heavy atom. The number of nitriles is 1. The molecule has 0 aliphatic carbocycles. The van der Waals surface area contributed by atoms with E-state index in [-0.39, 0.29) is 17.2 Å². The first kappa shape index (κ1) is 16.5. The standard InChI is InChI=1S/C20H15FN6/c21-17-7-2-1-6-15(17)18-13(9-14-5-3-4-8-27(14)18)11-24-20-16(10-22)19(23)25-12-26-20/h1-9,12H,11H2,(H3,23,24,25,26). The highest BCUT2D eigenvalue weighted by Crippen LogP contribution is 2.30. The predicted octanol–water partition coefficient (Wildman–Crippen LogP) is 3.60. The smallest absolute Gasteiger partial charge is 0.149 e. The van der Waals surface area contributed by atoms with Crippen molar-refractivity contribution >= 4 is 17.2 Å². The number of pyridine rings is 1. The number of nitrogens with one attached hydrogen (secondary N) is 1. The fourth-order valence-corrected chi connectivity index (χ4v) is 3.09. The summed E-state index contributed by atoms with van der Waals surface area (Å²) in [7, 11) is 0. The van der Waals surface area contributed by atoms with Gasteiger partial charge in [0.25, 0.3) is 0 Å². The van der Waals surface area contributed by atoms with E-state index in [0.717, 1.165) is 16.8 Å². The summed E-state index contributed by atoms with van der Waals surface area (Å²) >= 11 is 0. The molecule has 7 heteroatoms. The molecular formula is C20H15FN6. The van der Waals surface area contributed by atoms with Crippen molar-refractivity contribution in [3.63, 3.8) is 0 Å². The molecule has 0 aliphatic rings. The molecule has 0 saturated heterocycles. The van der Waals surface area contributed by atoms with Crippen LogP contribution in [0.25, 0.3) is 16.8 Å². The Kier molecular flexibility index (Phi) is 4.15. The van der Waals surface area contributed by atoms with Gasteiger partial charge in [0.05, 0.1) is 5.69 Å². The summed E-state index contributed by atoms with van der Waals surface area (Å²) < 4.78 is 16.4. The number of halogens is 1. The largest absolute Gasteiger partial charge is 0.382 e. The lowest BCUT2D eigenvalue weighted by Gasteiger charge is -2.11. The van der Waals surface area contributed by atoms with E-state index >= 15 is 0 Å². The number of nitrogens with two attached hydrogens (primary N) is 1. The van der Waals surface area contributed by atoms with Gasteiger partial charge in [0.2, 0.25) is 0 Å². The Bertz CT molecular complexity index is 1170. The lowest BCUT2D eigenvalue weighted by Crippen LogP contribution is -2.07. The lowest BCUT2D eigenvalue weighted by atomic mass is 10.1. The molecule has 3 N–H and O–H groups in total. The monoisotopic (exact) mass is 358 g/mol. The third kappa shape index (κ3) is 2.93. The quantitative estimate of drug-likeness (QED) is 0.581. The molecular weight excluding hydrogens is 343 g/mol. The van der Waals surface area contributed by atoms with E-state index in [1.54, 1.807) is 18.2 Å². The summed E-state index contributed by atoms with van der Waals surface area (Å²) in [6.45, 7) is 0.344. The van der Waals surface area contributed by atoms with Crippen LogP contribution >= 0.6 is 0 Å². The molecule has 0 bridgehead atoms. The third-order valence-corrected chi connectivity index (χ3v) is 4.32. The van der Waals surface area contributed by atoms with Gasteiger partial charge in [0.1, 0.15) is 35.4 Å². The Hall–Kier alpha value is -3.92. The van der Waals surface area contributed by atoms with E-state index < -0.39 is 0 Å². The molecule has 0 radical (unpaired) electrons. The second-order valence-electron chi connectivity index (χ2n) is 5.94. The van der Waals surface area contributed by atoms with E-state index in [0.29, 0.717) is 17.9 Å². The van der Waals surface area contributed by atoms with Crippen molar-refractivity contribution in [2.24, 2.45) is 0 Å². The SMILES string of the molecule is N#Cc1c(N)ncnc1NCc1cc2ccccn2c1-c1ccccc1F. The van der Waals surface area contributed by atoms with E-state index in [2.05, 4.69) is 15.3 Å². The second kappa shape index (κ2) is 6.77. The summed E-state index contributed by atoms with van der Waals surface area (Å²) in [5.41, 5.74) is 8.98. The normalized spacial score (nSPS) is 10.7. The first-order valence-corrected chi connectivity index (χ1v) is 8.27. The van der Waals surface area contributed by atoms with Crippen molar-refractivity contribution in [1.29, 1.82) is 5.26 Å². The molecule has 6 nitrogen and oxygen atoms in total. The number of benzene rings is 1. The highest BCUT2D eigenvalue weighted by molar-refractivity contribution is 5.73. The molecule has 0 spiro atoms. The number of hydrogen-bond donors (Lipinski definition) is 2. The van der Waals surface area contributed by atoms with Gasteiger partial charge in [-0.25, -0.2) is 14.4 Å². The van der Waals surface area contributed by atoms with Gasteiger partial charge in [-0.05, 0) is 35.9 Å². The predicted molar refractivity (Wildman–Crippen MR) is 101 cm³/mol. The van der Waals surface area contributed by atoms with E-state index in [4.69, 9.17) is 5.73 Å². The van der Waals surface area contributed by atoms with Gasteiger partial charge in [0.15, 0.2) is 0 Å². The highest BCUT2D eigenvalue weighted by atomic mass is 19.1. The first-order valence-electron chi connectivity index (χ1n) is 8.27. The van der Waals surface area contributed by atoms with Crippen molar-refractivity contribution in [1.82, 2.24) is 14.4 Å². The Morgan fingerprint density at radius 1 is 1.15 bits per heavy atom. The average Bonchev–Trinajstić information content (AvgIpc) is 3.05. The van der Waals surface area contributed by atoms with Gasteiger partial charge in [-0.3, -0.25) is 0 Å². The molecule has 0 amide bonds. The molecule has 0 fully saturated rings. The number of aromatic nitrogens is 3. The minimum absolute atomic E-state index is 0.117.